The Kier molecular flexibility index (Phi) is 6.18. The fourth-order valence-electron chi connectivity index (χ4n) is 7.15. The van der Waals surface area contributed by atoms with E-state index in [0.717, 1.165) is 66.5 Å². The van der Waals surface area contributed by atoms with Crippen molar-refractivity contribution in [1.82, 2.24) is 14.1 Å². The molecule has 3 aromatic heterocycles. The van der Waals surface area contributed by atoms with Gasteiger partial charge >= 0.3 is 0 Å². The summed E-state index contributed by atoms with van der Waals surface area (Å²) in [5.41, 5.74) is 11.4. The third-order valence-corrected chi connectivity index (χ3v) is 9.25. The normalized spacial score (nSPS) is 11.3. The molecular formula is C43H25N5. The van der Waals surface area contributed by atoms with E-state index in [4.69, 9.17) is 0 Å². The van der Waals surface area contributed by atoms with Gasteiger partial charge in [-0.05, 0) is 95.6 Å². The minimum atomic E-state index is 0.602. The third kappa shape index (κ3) is 4.20. The lowest BCUT2D eigenvalue weighted by molar-refractivity contribution is 1.18. The summed E-state index contributed by atoms with van der Waals surface area (Å²) in [4.78, 5) is 4.22. The second-order valence-corrected chi connectivity index (χ2v) is 11.9. The Hall–Kier alpha value is -6.95. The van der Waals surface area contributed by atoms with E-state index < -0.39 is 0 Å². The number of aromatic nitrogens is 3. The van der Waals surface area contributed by atoms with E-state index >= 15 is 0 Å². The summed E-state index contributed by atoms with van der Waals surface area (Å²) in [5.74, 6) is 0. The fraction of sp³-hybridized carbons (Fsp3) is 0. The lowest BCUT2D eigenvalue weighted by Gasteiger charge is -2.15. The largest absolute Gasteiger partial charge is 0.309 e. The first kappa shape index (κ1) is 27.4. The van der Waals surface area contributed by atoms with E-state index in [1.165, 1.54) is 10.8 Å². The lowest BCUT2D eigenvalue weighted by Crippen LogP contribution is -1.98. The number of nitrogens with zero attached hydrogens (tertiary/aromatic N) is 5. The summed E-state index contributed by atoms with van der Waals surface area (Å²) in [7, 11) is 0. The molecule has 9 aromatic rings. The van der Waals surface area contributed by atoms with Gasteiger partial charge in [0.15, 0.2) is 0 Å². The van der Waals surface area contributed by atoms with E-state index in [9.17, 15) is 10.5 Å². The highest BCUT2D eigenvalue weighted by molar-refractivity contribution is 6.11. The zero-order chi connectivity index (χ0) is 32.2. The van der Waals surface area contributed by atoms with Crippen LogP contribution in [0.2, 0.25) is 0 Å². The van der Waals surface area contributed by atoms with Gasteiger partial charge < -0.3 is 9.13 Å². The Morgan fingerprint density at radius 1 is 0.438 bits per heavy atom. The molecule has 3 heterocycles. The van der Waals surface area contributed by atoms with Crippen LogP contribution >= 0.6 is 0 Å². The first-order valence-electron chi connectivity index (χ1n) is 15.7. The van der Waals surface area contributed by atoms with Crippen LogP contribution in [-0.2, 0) is 0 Å². The molecule has 0 saturated carbocycles. The van der Waals surface area contributed by atoms with Gasteiger partial charge in [-0.25, -0.2) is 0 Å². The fourth-order valence-corrected chi connectivity index (χ4v) is 7.15. The third-order valence-electron chi connectivity index (χ3n) is 9.25. The minimum Gasteiger partial charge on any atom is -0.309 e. The summed E-state index contributed by atoms with van der Waals surface area (Å²) in [6.45, 7) is 0. The van der Waals surface area contributed by atoms with Crippen LogP contribution in [0, 0.1) is 22.7 Å². The molecule has 0 bridgehead atoms. The maximum atomic E-state index is 10.2. The van der Waals surface area contributed by atoms with Gasteiger partial charge in [-0.3, -0.25) is 4.98 Å². The number of fused-ring (bicyclic) bond motifs is 6. The van der Waals surface area contributed by atoms with Gasteiger partial charge in [0.25, 0.3) is 0 Å². The maximum Gasteiger partial charge on any atom is 0.0992 e. The summed E-state index contributed by atoms with van der Waals surface area (Å²) < 4.78 is 4.53. The summed E-state index contributed by atoms with van der Waals surface area (Å²) in [6, 6.07) is 52.4. The molecule has 222 valence electrons. The number of para-hydroxylation sites is 3. The van der Waals surface area contributed by atoms with Crippen molar-refractivity contribution in [3.8, 4) is 45.8 Å². The van der Waals surface area contributed by atoms with Gasteiger partial charge in [-0.1, -0.05) is 60.7 Å². The Labute approximate surface area is 276 Å². The van der Waals surface area contributed by atoms with Crippen molar-refractivity contribution in [2.75, 3.05) is 0 Å². The second-order valence-electron chi connectivity index (χ2n) is 11.9. The van der Waals surface area contributed by atoms with Crippen LogP contribution in [0.25, 0.3) is 77.2 Å². The average molecular weight is 612 g/mol. The number of pyridine rings is 1. The lowest BCUT2D eigenvalue weighted by atomic mass is 10.00. The summed E-state index contributed by atoms with van der Waals surface area (Å²) >= 11 is 0. The summed E-state index contributed by atoms with van der Waals surface area (Å²) in [5, 5.41) is 24.5. The van der Waals surface area contributed by atoms with E-state index in [1.807, 2.05) is 42.5 Å². The van der Waals surface area contributed by atoms with Crippen LogP contribution in [0.1, 0.15) is 11.1 Å². The van der Waals surface area contributed by atoms with Crippen LogP contribution < -0.4 is 0 Å². The number of hydrogen-bond donors (Lipinski definition) is 0. The molecule has 9 rings (SSSR count). The smallest absolute Gasteiger partial charge is 0.0992 e. The highest BCUT2D eigenvalue weighted by Crippen LogP contribution is 2.39. The molecule has 0 spiro atoms. The van der Waals surface area contributed by atoms with Gasteiger partial charge in [0.1, 0.15) is 0 Å². The van der Waals surface area contributed by atoms with Gasteiger partial charge in [-0.15, -0.1) is 0 Å². The Morgan fingerprint density at radius 2 is 1.04 bits per heavy atom. The van der Waals surface area contributed by atoms with E-state index in [1.54, 1.807) is 12.4 Å². The molecule has 0 radical (unpaired) electrons. The van der Waals surface area contributed by atoms with Crippen LogP contribution in [0.15, 0.2) is 152 Å². The van der Waals surface area contributed by atoms with Crippen LogP contribution in [-0.4, -0.2) is 14.1 Å². The van der Waals surface area contributed by atoms with Crippen molar-refractivity contribution in [1.29, 1.82) is 10.5 Å². The molecule has 6 aromatic carbocycles. The monoisotopic (exact) mass is 611 g/mol. The highest BCUT2D eigenvalue weighted by atomic mass is 15.0. The SMILES string of the molecule is N#Cc1cc(-c2ccc3c(c2)c2ccccc2n3-c2ccc(C#N)cc2-c2ccncc2)cc(-n2c3ccccc3c3ccccc32)c1. The van der Waals surface area contributed by atoms with Crippen LogP contribution in [0.3, 0.4) is 0 Å². The molecule has 0 aliphatic rings. The molecular weight excluding hydrogens is 587 g/mol. The molecule has 0 aliphatic heterocycles. The maximum absolute atomic E-state index is 10.2. The van der Waals surface area contributed by atoms with Gasteiger partial charge in [0.05, 0.1) is 51.0 Å². The van der Waals surface area contributed by atoms with E-state index in [0.29, 0.717) is 11.1 Å². The second kappa shape index (κ2) is 10.8. The van der Waals surface area contributed by atoms with Crippen molar-refractivity contribution in [3.63, 3.8) is 0 Å². The number of hydrogen-bond acceptors (Lipinski definition) is 3. The topological polar surface area (TPSA) is 70.3 Å². The van der Waals surface area contributed by atoms with Crippen LogP contribution in [0.5, 0.6) is 0 Å². The number of benzene rings is 6. The highest BCUT2D eigenvalue weighted by Gasteiger charge is 2.18. The standard InChI is InChI=1S/C43H25N5/c44-26-28-13-15-42(37(23-28)30-17-19-46-20-18-30)48-41-12-6-3-9-36(41)38-25-31(14-16-43(38)48)32-21-29(27-45)22-33(24-32)47-39-10-4-1-7-34(39)35-8-2-5-11-40(35)47/h1-25H. The van der Waals surface area contributed by atoms with Crippen LogP contribution in [0.4, 0.5) is 0 Å². The Balaban J connectivity index is 1.27. The zero-order valence-corrected chi connectivity index (χ0v) is 25.7. The molecule has 0 fully saturated rings. The predicted octanol–water partition coefficient (Wildman–Crippen LogP) is 10.4. The van der Waals surface area contributed by atoms with Crippen molar-refractivity contribution < 1.29 is 0 Å². The van der Waals surface area contributed by atoms with Crippen molar-refractivity contribution in [3.05, 3.63) is 163 Å². The molecule has 0 N–H and O–H groups in total. The Morgan fingerprint density at radius 3 is 1.71 bits per heavy atom. The van der Waals surface area contributed by atoms with Gasteiger partial charge in [0.2, 0.25) is 0 Å². The number of rotatable bonds is 4. The van der Waals surface area contributed by atoms with Crippen molar-refractivity contribution >= 4 is 43.6 Å². The molecule has 0 amide bonds. The van der Waals surface area contributed by atoms with Crippen molar-refractivity contribution in [2.45, 2.75) is 0 Å². The molecule has 0 saturated heterocycles. The van der Waals surface area contributed by atoms with E-state index in [2.05, 4.69) is 123 Å². The molecule has 0 atom stereocenters. The number of nitriles is 2. The molecule has 0 unspecified atom stereocenters. The van der Waals surface area contributed by atoms with Gasteiger partial charge in [0, 0.05) is 45.2 Å². The Bertz CT molecular complexity index is 2750. The zero-order valence-electron chi connectivity index (χ0n) is 25.7. The average Bonchev–Trinajstić information content (AvgIpc) is 3.67. The van der Waals surface area contributed by atoms with E-state index in [-0.39, 0.29) is 0 Å². The summed E-state index contributed by atoms with van der Waals surface area (Å²) in [6.07, 6.45) is 3.55. The molecule has 5 heteroatoms. The molecule has 48 heavy (non-hydrogen) atoms. The first-order valence-corrected chi connectivity index (χ1v) is 15.7. The molecule has 5 nitrogen and oxygen atoms in total. The quantitative estimate of drug-likeness (QED) is 0.199. The first-order chi connectivity index (χ1) is 23.7. The minimum absolute atomic E-state index is 0.602. The molecule has 0 aliphatic carbocycles. The van der Waals surface area contributed by atoms with Gasteiger partial charge in [-0.2, -0.15) is 10.5 Å². The predicted molar refractivity (Wildman–Crippen MR) is 193 cm³/mol. The van der Waals surface area contributed by atoms with Crippen molar-refractivity contribution in [2.24, 2.45) is 0 Å².